The summed E-state index contributed by atoms with van der Waals surface area (Å²) in [6, 6.07) is 7.49. The Morgan fingerprint density at radius 3 is 2.66 bits per heavy atom. The molecule has 2 aromatic rings. The molecule has 1 aromatic heterocycles. The number of imide groups is 1. The summed E-state index contributed by atoms with van der Waals surface area (Å²) in [5.41, 5.74) is 1.19. The van der Waals surface area contributed by atoms with Crippen molar-refractivity contribution in [3.05, 3.63) is 30.1 Å². The van der Waals surface area contributed by atoms with Gasteiger partial charge in [-0.1, -0.05) is 31.4 Å². The first kappa shape index (κ1) is 19.4. The van der Waals surface area contributed by atoms with Crippen molar-refractivity contribution < 1.29 is 14.4 Å². The van der Waals surface area contributed by atoms with E-state index in [1.807, 2.05) is 35.8 Å². The molecule has 2 fully saturated rings. The van der Waals surface area contributed by atoms with Crippen LogP contribution in [0.15, 0.2) is 24.3 Å². The molecule has 0 atom stereocenters. The first-order valence-corrected chi connectivity index (χ1v) is 10.2. The van der Waals surface area contributed by atoms with Crippen molar-refractivity contribution in [3.63, 3.8) is 0 Å². The Bertz CT molecular complexity index is 960. The monoisotopic (exact) mass is 397 g/mol. The number of likely N-dealkylation sites (N-methyl/N-ethyl adjacent to an activating group) is 1. The lowest BCUT2D eigenvalue weighted by molar-refractivity contribution is -0.137. The molecular formula is C21H27N5O3. The van der Waals surface area contributed by atoms with Crippen LogP contribution in [0.4, 0.5) is 4.79 Å². The quantitative estimate of drug-likeness (QED) is 0.783. The lowest BCUT2D eigenvalue weighted by atomic mass is 9.81. The molecule has 1 aromatic carbocycles. The maximum absolute atomic E-state index is 13.0. The fraction of sp³-hybridized carbons (Fsp3) is 0.524. The Hall–Kier alpha value is -2.90. The van der Waals surface area contributed by atoms with Gasteiger partial charge >= 0.3 is 6.03 Å². The van der Waals surface area contributed by atoms with E-state index in [1.54, 1.807) is 11.9 Å². The molecule has 1 saturated carbocycles. The normalized spacial score (nSPS) is 18.8. The van der Waals surface area contributed by atoms with Crippen LogP contribution in [0.5, 0.6) is 0 Å². The molecule has 2 heterocycles. The molecule has 154 valence electrons. The van der Waals surface area contributed by atoms with E-state index in [1.165, 1.54) is 0 Å². The average Bonchev–Trinajstić information content (AvgIpc) is 3.13. The lowest BCUT2D eigenvalue weighted by Gasteiger charge is -2.35. The number of hydrogen-bond acceptors (Lipinski definition) is 4. The second-order valence-corrected chi connectivity index (χ2v) is 7.97. The van der Waals surface area contributed by atoms with E-state index < -0.39 is 5.54 Å². The molecule has 8 heteroatoms. The van der Waals surface area contributed by atoms with Gasteiger partial charge in [-0.2, -0.15) is 0 Å². The van der Waals surface area contributed by atoms with Crippen LogP contribution >= 0.6 is 0 Å². The van der Waals surface area contributed by atoms with Crippen molar-refractivity contribution in [2.75, 3.05) is 20.1 Å². The summed E-state index contributed by atoms with van der Waals surface area (Å²) in [5.74, 6) is 0.331. The maximum Gasteiger partial charge on any atom is 0.327 e. The Kier molecular flexibility index (Phi) is 5.02. The summed E-state index contributed by atoms with van der Waals surface area (Å²) in [7, 11) is 1.68. The number of nitrogens with one attached hydrogen (secondary N) is 1. The minimum atomic E-state index is -0.748. The van der Waals surface area contributed by atoms with Gasteiger partial charge < -0.3 is 14.8 Å². The summed E-state index contributed by atoms with van der Waals surface area (Å²) in [6.07, 6.45) is 4.31. The Morgan fingerprint density at radius 2 is 1.90 bits per heavy atom. The molecular weight excluding hydrogens is 370 g/mol. The Labute approximate surface area is 169 Å². The van der Waals surface area contributed by atoms with Gasteiger partial charge in [-0.3, -0.25) is 14.5 Å². The highest BCUT2D eigenvalue weighted by atomic mass is 16.2. The Morgan fingerprint density at radius 1 is 1.17 bits per heavy atom. The van der Waals surface area contributed by atoms with Crippen molar-refractivity contribution in [1.29, 1.82) is 0 Å². The number of para-hydroxylation sites is 2. The zero-order chi connectivity index (χ0) is 20.6. The predicted octanol–water partition coefficient (Wildman–Crippen LogP) is 2.06. The summed E-state index contributed by atoms with van der Waals surface area (Å²) >= 11 is 0. The molecule has 1 N–H and O–H groups in total. The highest BCUT2D eigenvalue weighted by Crippen LogP contribution is 2.39. The van der Waals surface area contributed by atoms with Crippen molar-refractivity contribution in [3.8, 4) is 0 Å². The fourth-order valence-electron chi connectivity index (χ4n) is 4.66. The lowest BCUT2D eigenvalue weighted by Crippen LogP contribution is -2.49. The predicted molar refractivity (Wildman–Crippen MR) is 108 cm³/mol. The number of aryl methyl sites for hydroxylation is 1. The zero-order valence-corrected chi connectivity index (χ0v) is 17.0. The summed E-state index contributed by atoms with van der Waals surface area (Å²) in [6.45, 7) is 2.68. The molecule has 1 saturated heterocycles. The van der Waals surface area contributed by atoms with Crippen molar-refractivity contribution in [2.45, 2.75) is 51.1 Å². The number of aromatic nitrogens is 2. The van der Waals surface area contributed by atoms with Gasteiger partial charge in [0, 0.05) is 20.1 Å². The van der Waals surface area contributed by atoms with Crippen LogP contribution < -0.4 is 5.32 Å². The van der Waals surface area contributed by atoms with E-state index in [0.29, 0.717) is 25.9 Å². The van der Waals surface area contributed by atoms with Crippen LogP contribution in [0.3, 0.4) is 0 Å². The fourth-order valence-corrected chi connectivity index (χ4v) is 4.66. The molecule has 1 aliphatic carbocycles. The van der Waals surface area contributed by atoms with Crippen molar-refractivity contribution in [2.24, 2.45) is 0 Å². The number of urea groups is 1. The molecule has 0 bridgehead atoms. The number of benzene rings is 1. The largest absolute Gasteiger partial charge is 0.353 e. The van der Waals surface area contributed by atoms with Gasteiger partial charge in [-0.25, -0.2) is 9.78 Å². The van der Waals surface area contributed by atoms with Crippen LogP contribution in [-0.2, 0) is 16.1 Å². The number of fused-ring (bicyclic) bond motifs is 1. The first-order valence-electron chi connectivity index (χ1n) is 10.2. The Balaban J connectivity index is 1.37. The SMILES string of the molecule is Cc1nc2ccccc2n1CCNC(=O)CN1C(=O)N(C)C2(CCCCC2)C1=O. The summed E-state index contributed by atoms with van der Waals surface area (Å²) < 4.78 is 2.05. The van der Waals surface area contributed by atoms with E-state index in [4.69, 9.17) is 0 Å². The molecule has 29 heavy (non-hydrogen) atoms. The summed E-state index contributed by atoms with van der Waals surface area (Å²) in [4.78, 5) is 45.2. The van der Waals surface area contributed by atoms with E-state index in [0.717, 1.165) is 41.0 Å². The van der Waals surface area contributed by atoms with E-state index in [9.17, 15) is 14.4 Å². The van der Waals surface area contributed by atoms with Crippen LogP contribution in [0.1, 0.15) is 37.9 Å². The average molecular weight is 397 g/mol. The number of carbonyl (C=O) groups excluding carboxylic acids is 3. The van der Waals surface area contributed by atoms with Crippen LogP contribution in [0, 0.1) is 6.92 Å². The van der Waals surface area contributed by atoms with E-state index >= 15 is 0 Å². The van der Waals surface area contributed by atoms with Gasteiger partial charge in [0.15, 0.2) is 0 Å². The van der Waals surface area contributed by atoms with Gasteiger partial charge in [0.05, 0.1) is 11.0 Å². The summed E-state index contributed by atoms with van der Waals surface area (Å²) in [5, 5.41) is 2.83. The smallest absolute Gasteiger partial charge is 0.327 e. The number of rotatable bonds is 5. The number of carbonyl (C=O) groups is 3. The molecule has 4 rings (SSSR count). The second-order valence-electron chi connectivity index (χ2n) is 7.97. The standard InChI is InChI=1S/C21H27N5O3/c1-15-23-16-8-4-5-9-17(16)25(15)13-12-22-18(27)14-26-19(28)21(24(2)20(26)29)10-6-3-7-11-21/h4-5,8-9H,3,6-7,10-14H2,1-2H3,(H,22,27). The third kappa shape index (κ3) is 3.26. The molecule has 8 nitrogen and oxygen atoms in total. The first-order chi connectivity index (χ1) is 13.9. The maximum atomic E-state index is 13.0. The minimum absolute atomic E-state index is 0.226. The number of hydrogen-bond donors (Lipinski definition) is 1. The van der Waals surface area contributed by atoms with Gasteiger partial charge in [-0.15, -0.1) is 0 Å². The van der Waals surface area contributed by atoms with Gasteiger partial charge in [-0.05, 0) is 31.9 Å². The third-order valence-electron chi connectivity index (χ3n) is 6.29. The van der Waals surface area contributed by atoms with Crippen LogP contribution in [-0.4, -0.2) is 62.9 Å². The van der Waals surface area contributed by atoms with E-state index in [2.05, 4.69) is 10.3 Å². The van der Waals surface area contributed by atoms with Gasteiger partial charge in [0.1, 0.15) is 17.9 Å². The van der Waals surface area contributed by atoms with Crippen molar-refractivity contribution >= 4 is 28.9 Å². The van der Waals surface area contributed by atoms with Crippen molar-refractivity contribution in [1.82, 2.24) is 24.7 Å². The van der Waals surface area contributed by atoms with Gasteiger partial charge in [0.2, 0.25) is 5.91 Å². The number of imidazole rings is 1. The second kappa shape index (κ2) is 7.50. The number of amides is 4. The molecule has 0 unspecified atom stereocenters. The molecule has 4 amide bonds. The molecule has 1 aliphatic heterocycles. The number of nitrogens with zero attached hydrogens (tertiary/aromatic N) is 4. The molecule has 1 spiro atoms. The highest BCUT2D eigenvalue weighted by molar-refractivity contribution is 6.08. The van der Waals surface area contributed by atoms with Gasteiger partial charge in [0.25, 0.3) is 5.91 Å². The third-order valence-corrected chi connectivity index (χ3v) is 6.29. The zero-order valence-electron chi connectivity index (χ0n) is 17.0. The minimum Gasteiger partial charge on any atom is -0.353 e. The molecule has 0 radical (unpaired) electrons. The molecule has 2 aliphatic rings. The topological polar surface area (TPSA) is 87.5 Å². The highest BCUT2D eigenvalue weighted by Gasteiger charge is 2.55. The van der Waals surface area contributed by atoms with E-state index in [-0.39, 0.29) is 24.4 Å². The van der Waals surface area contributed by atoms with Crippen LogP contribution in [0.25, 0.3) is 11.0 Å². The van der Waals surface area contributed by atoms with Crippen LogP contribution in [0.2, 0.25) is 0 Å².